The highest BCUT2D eigenvalue weighted by atomic mass is 32.2. The second kappa shape index (κ2) is 12.8. The Morgan fingerprint density at radius 2 is 2.00 bits per heavy atom. The molecule has 186 valence electrons. The van der Waals surface area contributed by atoms with Gasteiger partial charge in [0.2, 0.25) is 11.8 Å². The predicted octanol–water partition coefficient (Wildman–Crippen LogP) is 3.65. The summed E-state index contributed by atoms with van der Waals surface area (Å²) in [5, 5.41) is 4.37. The molecular weight excluding hydrogens is 448 g/mol. The molecule has 34 heavy (non-hydrogen) atoms. The van der Waals surface area contributed by atoms with Crippen molar-refractivity contribution in [3.05, 3.63) is 47.8 Å². The molecule has 2 aromatic rings. The molecule has 8 heteroatoms. The number of aromatic nitrogens is 2. The first kappa shape index (κ1) is 26.1. The molecule has 2 amide bonds. The summed E-state index contributed by atoms with van der Waals surface area (Å²) in [6.45, 7) is 4.04. The van der Waals surface area contributed by atoms with E-state index in [4.69, 9.17) is 4.74 Å². The highest BCUT2D eigenvalue weighted by Gasteiger charge is 2.32. The normalized spacial score (nSPS) is 15.2. The highest BCUT2D eigenvalue weighted by Crippen LogP contribution is 2.28. The van der Waals surface area contributed by atoms with Crippen molar-refractivity contribution in [3.63, 3.8) is 0 Å². The Hall–Kier alpha value is -2.48. The van der Waals surface area contributed by atoms with Crippen LogP contribution in [0.1, 0.15) is 36.9 Å². The maximum absolute atomic E-state index is 12.9. The van der Waals surface area contributed by atoms with E-state index >= 15 is 0 Å². The van der Waals surface area contributed by atoms with Gasteiger partial charge in [-0.25, -0.2) is 0 Å². The van der Waals surface area contributed by atoms with Gasteiger partial charge in [0.05, 0.1) is 12.8 Å². The van der Waals surface area contributed by atoms with Gasteiger partial charge in [0.25, 0.3) is 0 Å². The van der Waals surface area contributed by atoms with Crippen molar-refractivity contribution >= 4 is 23.6 Å². The number of nitrogens with zero attached hydrogens (tertiary/aromatic N) is 4. The van der Waals surface area contributed by atoms with Crippen LogP contribution < -0.4 is 4.74 Å². The zero-order valence-electron chi connectivity index (χ0n) is 20.9. The number of aryl methyl sites for hydroxylation is 2. The Morgan fingerprint density at radius 3 is 2.65 bits per heavy atom. The van der Waals surface area contributed by atoms with Crippen molar-refractivity contribution in [2.75, 3.05) is 39.3 Å². The number of carbonyl (C=O) groups is 2. The minimum Gasteiger partial charge on any atom is -0.497 e. The van der Waals surface area contributed by atoms with Crippen molar-refractivity contribution in [3.8, 4) is 5.75 Å². The molecule has 1 atom stereocenters. The van der Waals surface area contributed by atoms with Crippen molar-refractivity contribution in [2.45, 2.75) is 51.6 Å². The lowest BCUT2D eigenvalue weighted by Gasteiger charge is -2.40. The number of rotatable bonds is 11. The molecule has 1 saturated heterocycles. The lowest BCUT2D eigenvalue weighted by molar-refractivity contribution is -0.136. The third kappa shape index (κ3) is 7.26. The fraction of sp³-hybridized carbons (Fsp3) is 0.577. The second-order valence-corrected chi connectivity index (χ2v) is 10.0. The van der Waals surface area contributed by atoms with Crippen LogP contribution >= 0.6 is 11.8 Å². The number of methoxy groups -OCH3 is 1. The molecule has 0 radical (unpaired) electrons. The molecule has 0 saturated carbocycles. The molecule has 1 aliphatic heterocycles. The van der Waals surface area contributed by atoms with Crippen LogP contribution in [0, 0.1) is 12.8 Å². The second-order valence-electron chi connectivity index (χ2n) is 9.06. The Kier molecular flexibility index (Phi) is 9.86. The van der Waals surface area contributed by atoms with Gasteiger partial charge >= 0.3 is 0 Å². The third-order valence-corrected chi connectivity index (χ3v) is 7.37. The molecule has 1 unspecified atom stereocenters. The molecule has 7 nitrogen and oxygen atoms in total. The number of hydrogen-bond donors (Lipinski definition) is 0. The predicted molar refractivity (Wildman–Crippen MR) is 137 cm³/mol. The summed E-state index contributed by atoms with van der Waals surface area (Å²) in [6.07, 6.45) is 7.56. The zero-order valence-corrected chi connectivity index (χ0v) is 21.7. The molecule has 0 bridgehead atoms. The van der Waals surface area contributed by atoms with Gasteiger partial charge in [0.1, 0.15) is 5.75 Å². The molecule has 1 aromatic carbocycles. The van der Waals surface area contributed by atoms with Crippen LogP contribution in [-0.2, 0) is 22.6 Å². The van der Waals surface area contributed by atoms with Gasteiger partial charge < -0.3 is 14.5 Å². The van der Waals surface area contributed by atoms with Crippen LogP contribution in [0.5, 0.6) is 5.75 Å². The minimum absolute atomic E-state index is 0.103. The Morgan fingerprint density at radius 1 is 1.24 bits per heavy atom. The largest absolute Gasteiger partial charge is 0.497 e. The van der Waals surface area contributed by atoms with Gasteiger partial charge in [-0.2, -0.15) is 16.9 Å². The van der Waals surface area contributed by atoms with E-state index in [1.165, 1.54) is 5.56 Å². The van der Waals surface area contributed by atoms with Gasteiger partial charge in [-0.15, -0.1) is 0 Å². The zero-order chi connectivity index (χ0) is 24.5. The van der Waals surface area contributed by atoms with Crippen molar-refractivity contribution < 1.29 is 14.3 Å². The number of likely N-dealkylation sites (N-methyl/N-ethyl adjacent to an activating group) is 1. The number of thioether (sulfide) groups is 1. The number of carbonyl (C=O) groups excluding carboxylic acids is 2. The molecule has 3 rings (SSSR count). The number of benzene rings is 1. The third-order valence-electron chi connectivity index (χ3n) is 6.76. The minimum atomic E-state index is 0.103. The van der Waals surface area contributed by atoms with E-state index in [-0.39, 0.29) is 17.9 Å². The van der Waals surface area contributed by atoms with E-state index in [0.717, 1.165) is 49.5 Å². The average Bonchev–Trinajstić information content (AvgIpc) is 3.29. The lowest BCUT2D eigenvalue weighted by Crippen LogP contribution is -2.48. The number of ether oxygens (including phenoxy) is 1. The lowest BCUT2D eigenvalue weighted by atomic mass is 9.84. The van der Waals surface area contributed by atoms with Gasteiger partial charge in [-0.3, -0.25) is 14.3 Å². The standard InChI is InChI=1S/C26H38N4O3S/c1-20-8-15-30(27-20)16-11-26(32)29-13-9-22(10-14-29)24(28(2)25(31)12-17-34-4)19-21-6-5-7-23(18-21)33-3/h5-8,15,18,22,24H,9-14,16-17,19H2,1-4H3. The SMILES string of the molecule is COc1cccc(CC(C2CCN(C(=O)CCn3ccc(C)n3)CC2)N(C)C(=O)CCSC)c1. The van der Waals surface area contributed by atoms with E-state index in [2.05, 4.69) is 17.2 Å². The molecule has 1 aromatic heterocycles. The fourth-order valence-corrected chi connectivity index (χ4v) is 5.08. The maximum atomic E-state index is 12.9. The summed E-state index contributed by atoms with van der Waals surface area (Å²) >= 11 is 1.70. The molecule has 2 heterocycles. The number of amides is 2. The van der Waals surface area contributed by atoms with Crippen molar-refractivity contribution in [1.82, 2.24) is 19.6 Å². The summed E-state index contributed by atoms with van der Waals surface area (Å²) < 4.78 is 7.24. The Bertz CT molecular complexity index is 940. The molecule has 0 N–H and O–H groups in total. The van der Waals surface area contributed by atoms with E-state index in [1.807, 2.05) is 59.1 Å². The smallest absolute Gasteiger partial charge is 0.224 e. The average molecular weight is 487 g/mol. The number of hydrogen-bond acceptors (Lipinski definition) is 5. The summed E-state index contributed by atoms with van der Waals surface area (Å²) in [7, 11) is 3.62. The molecular formula is C26H38N4O3S. The summed E-state index contributed by atoms with van der Waals surface area (Å²) in [6, 6.07) is 10.2. The Labute approximate surface area is 207 Å². The first-order valence-electron chi connectivity index (χ1n) is 12.1. The van der Waals surface area contributed by atoms with E-state index in [0.29, 0.717) is 25.3 Å². The van der Waals surface area contributed by atoms with Gasteiger partial charge in [0.15, 0.2) is 0 Å². The topological polar surface area (TPSA) is 67.7 Å². The fourth-order valence-electron chi connectivity index (χ4n) is 4.70. The van der Waals surface area contributed by atoms with Crippen LogP contribution in [-0.4, -0.2) is 76.7 Å². The quantitative estimate of drug-likeness (QED) is 0.485. The van der Waals surface area contributed by atoms with Crippen LogP contribution in [0.4, 0.5) is 0 Å². The van der Waals surface area contributed by atoms with Gasteiger partial charge in [-0.1, -0.05) is 12.1 Å². The molecule has 1 aliphatic rings. The van der Waals surface area contributed by atoms with Crippen molar-refractivity contribution in [1.29, 1.82) is 0 Å². The summed E-state index contributed by atoms with van der Waals surface area (Å²) in [5.74, 6) is 2.39. The first-order chi connectivity index (χ1) is 16.4. The van der Waals surface area contributed by atoms with E-state index < -0.39 is 0 Å². The monoisotopic (exact) mass is 486 g/mol. The summed E-state index contributed by atoms with van der Waals surface area (Å²) in [4.78, 5) is 29.6. The van der Waals surface area contributed by atoms with Crippen molar-refractivity contribution in [2.24, 2.45) is 5.92 Å². The number of piperidine rings is 1. The number of likely N-dealkylation sites (tertiary alicyclic amines) is 1. The molecule has 0 aliphatic carbocycles. The van der Waals surface area contributed by atoms with Gasteiger partial charge in [-0.05, 0) is 62.1 Å². The van der Waals surface area contributed by atoms with E-state index in [1.54, 1.807) is 18.9 Å². The van der Waals surface area contributed by atoms with Crippen LogP contribution in [0.15, 0.2) is 36.5 Å². The van der Waals surface area contributed by atoms with Crippen LogP contribution in [0.3, 0.4) is 0 Å². The Balaban J connectivity index is 1.62. The van der Waals surface area contributed by atoms with Crippen LogP contribution in [0.2, 0.25) is 0 Å². The summed E-state index contributed by atoms with van der Waals surface area (Å²) in [5.41, 5.74) is 2.13. The maximum Gasteiger partial charge on any atom is 0.224 e. The molecule has 1 fully saturated rings. The van der Waals surface area contributed by atoms with E-state index in [9.17, 15) is 9.59 Å². The van der Waals surface area contributed by atoms with Crippen LogP contribution in [0.25, 0.3) is 0 Å². The van der Waals surface area contributed by atoms with Gasteiger partial charge in [0, 0.05) is 57.5 Å². The highest BCUT2D eigenvalue weighted by molar-refractivity contribution is 7.98. The molecule has 0 spiro atoms. The first-order valence-corrected chi connectivity index (χ1v) is 13.5.